The summed E-state index contributed by atoms with van der Waals surface area (Å²) in [7, 11) is 0. The van der Waals surface area contributed by atoms with E-state index < -0.39 is 11.6 Å². The topological polar surface area (TPSA) is 20.2 Å². The summed E-state index contributed by atoms with van der Waals surface area (Å²) in [5.41, 5.74) is 0.402. The molecule has 0 radical (unpaired) electrons. The second-order valence-electron chi connectivity index (χ2n) is 3.43. The van der Waals surface area contributed by atoms with Gasteiger partial charge in [0.25, 0.3) is 0 Å². The Kier molecular flexibility index (Phi) is 2.04. The van der Waals surface area contributed by atoms with Gasteiger partial charge in [0.05, 0.1) is 0 Å². The van der Waals surface area contributed by atoms with E-state index in [1.165, 1.54) is 6.07 Å². The van der Waals surface area contributed by atoms with Crippen LogP contribution in [-0.4, -0.2) is 11.7 Å². The van der Waals surface area contributed by atoms with Gasteiger partial charge < -0.3 is 5.11 Å². The van der Waals surface area contributed by atoms with Crippen molar-refractivity contribution in [2.45, 2.75) is 12.3 Å². The molecule has 1 aromatic rings. The van der Waals surface area contributed by atoms with Crippen molar-refractivity contribution < 1.29 is 13.9 Å². The second-order valence-corrected chi connectivity index (χ2v) is 3.43. The molecule has 1 nitrogen and oxygen atoms in total. The molecule has 13 heavy (non-hydrogen) atoms. The summed E-state index contributed by atoms with van der Waals surface area (Å²) >= 11 is 0. The molecule has 0 bridgehead atoms. The van der Waals surface area contributed by atoms with Crippen LogP contribution >= 0.6 is 0 Å². The van der Waals surface area contributed by atoms with Crippen LogP contribution in [0.3, 0.4) is 0 Å². The van der Waals surface area contributed by atoms with Gasteiger partial charge in [-0.05, 0) is 29.9 Å². The fourth-order valence-electron chi connectivity index (χ4n) is 1.64. The molecule has 2 unspecified atom stereocenters. The number of hydrogen-bond donors (Lipinski definition) is 1. The van der Waals surface area contributed by atoms with Gasteiger partial charge in [-0.15, -0.1) is 0 Å². The molecular weight excluding hydrogens is 174 g/mol. The number of benzene rings is 1. The maximum Gasteiger partial charge on any atom is 0.162 e. The van der Waals surface area contributed by atoms with E-state index in [9.17, 15) is 8.78 Å². The minimum atomic E-state index is -0.805. The van der Waals surface area contributed by atoms with Gasteiger partial charge in [0, 0.05) is 6.61 Å². The molecule has 3 heteroatoms. The maximum absolute atomic E-state index is 13.1. The third-order valence-corrected chi connectivity index (χ3v) is 2.54. The molecule has 2 rings (SSSR count). The zero-order valence-electron chi connectivity index (χ0n) is 7.00. The summed E-state index contributed by atoms with van der Waals surface area (Å²) in [5.74, 6) is -1.43. The molecule has 1 fully saturated rings. The van der Waals surface area contributed by atoms with Gasteiger partial charge in [0.2, 0.25) is 0 Å². The molecule has 1 N–H and O–H groups in total. The van der Waals surface area contributed by atoms with Gasteiger partial charge in [0.15, 0.2) is 11.6 Å². The average molecular weight is 184 g/mol. The van der Waals surface area contributed by atoms with Crippen molar-refractivity contribution >= 4 is 0 Å². The Balaban J connectivity index is 2.27. The molecule has 1 saturated carbocycles. The molecule has 0 aliphatic heterocycles. The van der Waals surface area contributed by atoms with E-state index in [-0.39, 0.29) is 18.4 Å². The van der Waals surface area contributed by atoms with Crippen molar-refractivity contribution in [1.82, 2.24) is 0 Å². The third kappa shape index (κ3) is 1.44. The van der Waals surface area contributed by atoms with E-state index in [0.29, 0.717) is 5.56 Å². The summed E-state index contributed by atoms with van der Waals surface area (Å²) in [4.78, 5) is 0. The minimum Gasteiger partial charge on any atom is -0.396 e. The molecule has 0 aromatic heterocycles. The summed E-state index contributed by atoms with van der Waals surface area (Å²) in [6, 6.07) is 4.19. The molecule has 1 aliphatic carbocycles. The number of aliphatic hydroxyl groups excluding tert-OH is 1. The van der Waals surface area contributed by atoms with Crippen LogP contribution in [0.25, 0.3) is 0 Å². The first kappa shape index (κ1) is 8.63. The van der Waals surface area contributed by atoms with Gasteiger partial charge in [-0.2, -0.15) is 0 Å². The monoisotopic (exact) mass is 184 g/mol. The molecule has 1 aromatic carbocycles. The van der Waals surface area contributed by atoms with E-state index in [0.717, 1.165) is 12.5 Å². The van der Waals surface area contributed by atoms with Crippen molar-refractivity contribution in [3.8, 4) is 0 Å². The van der Waals surface area contributed by atoms with Crippen molar-refractivity contribution in [1.29, 1.82) is 0 Å². The highest BCUT2D eigenvalue weighted by molar-refractivity contribution is 5.28. The van der Waals surface area contributed by atoms with E-state index >= 15 is 0 Å². The first-order valence-electron chi connectivity index (χ1n) is 4.28. The van der Waals surface area contributed by atoms with Crippen LogP contribution in [0.15, 0.2) is 18.2 Å². The van der Waals surface area contributed by atoms with Crippen LogP contribution in [0.5, 0.6) is 0 Å². The number of aliphatic hydroxyl groups is 1. The Morgan fingerprint density at radius 1 is 1.38 bits per heavy atom. The Labute approximate surface area is 75.0 Å². The summed E-state index contributed by atoms with van der Waals surface area (Å²) < 4.78 is 25.9. The second kappa shape index (κ2) is 3.07. The van der Waals surface area contributed by atoms with E-state index in [1.54, 1.807) is 6.07 Å². The van der Waals surface area contributed by atoms with Crippen LogP contribution < -0.4 is 0 Å². The molecule has 0 heterocycles. The Morgan fingerprint density at radius 3 is 2.77 bits per heavy atom. The highest BCUT2D eigenvalue weighted by Crippen LogP contribution is 2.47. The normalized spacial score (nSPS) is 26.1. The number of hydrogen-bond acceptors (Lipinski definition) is 1. The van der Waals surface area contributed by atoms with Crippen LogP contribution in [-0.2, 0) is 0 Å². The zero-order valence-corrected chi connectivity index (χ0v) is 7.00. The van der Waals surface area contributed by atoms with Crippen molar-refractivity contribution in [3.05, 3.63) is 35.4 Å². The van der Waals surface area contributed by atoms with Crippen LogP contribution in [0.4, 0.5) is 8.78 Å². The lowest BCUT2D eigenvalue weighted by atomic mass is 10.1. The Morgan fingerprint density at radius 2 is 2.15 bits per heavy atom. The molecule has 0 saturated heterocycles. The fraction of sp³-hybridized carbons (Fsp3) is 0.400. The van der Waals surface area contributed by atoms with Gasteiger partial charge in [-0.3, -0.25) is 0 Å². The molecule has 2 atom stereocenters. The van der Waals surface area contributed by atoms with E-state index in [1.807, 2.05) is 0 Å². The van der Waals surface area contributed by atoms with Gasteiger partial charge in [0.1, 0.15) is 0 Å². The average Bonchev–Trinajstić information content (AvgIpc) is 2.89. The van der Waals surface area contributed by atoms with E-state index in [2.05, 4.69) is 0 Å². The smallest absolute Gasteiger partial charge is 0.162 e. The van der Waals surface area contributed by atoms with Crippen LogP contribution in [0, 0.1) is 17.6 Å². The van der Waals surface area contributed by atoms with Crippen LogP contribution in [0.2, 0.25) is 0 Å². The predicted molar refractivity (Wildman–Crippen MR) is 44.3 cm³/mol. The first-order chi connectivity index (χ1) is 6.24. The lowest BCUT2D eigenvalue weighted by Gasteiger charge is -2.01. The zero-order chi connectivity index (χ0) is 9.42. The standard InChI is InChI=1S/C10H10F2O/c11-9-3-1-2-7(10(9)12)8-4-6(8)5-13/h1-3,6,8,13H,4-5H2. The number of halogens is 2. The van der Waals surface area contributed by atoms with E-state index in [4.69, 9.17) is 5.11 Å². The van der Waals surface area contributed by atoms with Gasteiger partial charge >= 0.3 is 0 Å². The summed E-state index contributed by atoms with van der Waals surface area (Å²) in [6.45, 7) is 0.0562. The number of rotatable bonds is 2. The molecule has 0 amide bonds. The quantitative estimate of drug-likeness (QED) is 0.745. The summed E-state index contributed by atoms with van der Waals surface area (Å²) in [6.07, 6.45) is 0.761. The Bertz CT molecular complexity index is 325. The van der Waals surface area contributed by atoms with Crippen molar-refractivity contribution in [3.63, 3.8) is 0 Å². The first-order valence-corrected chi connectivity index (χ1v) is 4.28. The van der Waals surface area contributed by atoms with Crippen LogP contribution in [0.1, 0.15) is 17.9 Å². The minimum absolute atomic E-state index is 0.0145. The summed E-state index contributed by atoms with van der Waals surface area (Å²) in [5, 5.41) is 8.78. The molecular formula is C10H10F2O. The molecule has 0 spiro atoms. The maximum atomic E-state index is 13.1. The van der Waals surface area contributed by atoms with Gasteiger partial charge in [-0.25, -0.2) is 8.78 Å². The highest BCUT2D eigenvalue weighted by atomic mass is 19.2. The lowest BCUT2D eigenvalue weighted by molar-refractivity contribution is 0.273. The van der Waals surface area contributed by atoms with Crippen molar-refractivity contribution in [2.75, 3.05) is 6.61 Å². The Hall–Kier alpha value is -0.960. The third-order valence-electron chi connectivity index (χ3n) is 2.54. The van der Waals surface area contributed by atoms with Crippen molar-refractivity contribution in [2.24, 2.45) is 5.92 Å². The van der Waals surface area contributed by atoms with Gasteiger partial charge in [-0.1, -0.05) is 12.1 Å². The molecule has 1 aliphatic rings. The largest absolute Gasteiger partial charge is 0.396 e. The SMILES string of the molecule is OCC1CC1c1cccc(F)c1F. The predicted octanol–water partition coefficient (Wildman–Crippen LogP) is 2.06. The lowest BCUT2D eigenvalue weighted by Crippen LogP contribution is -1.94. The highest BCUT2D eigenvalue weighted by Gasteiger charge is 2.39. The fourth-order valence-corrected chi connectivity index (χ4v) is 1.64. The molecule has 70 valence electrons.